The summed E-state index contributed by atoms with van der Waals surface area (Å²) in [5.74, 6) is 0. The second-order valence-corrected chi connectivity index (χ2v) is 14.5. The number of nitrogens with zero attached hydrogens (tertiary/aromatic N) is 3. The molecule has 0 rings (SSSR count). The first-order valence-electron chi connectivity index (χ1n) is 12.1. The van der Waals surface area contributed by atoms with E-state index in [0.29, 0.717) is 0 Å². The maximum Gasteiger partial charge on any atom is 0.0834 e. The number of aliphatic imine (C=N–C) groups is 3. The molecule has 0 atom stereocenters. The van der Waals surface area contributed by atoms with Gasteiger partial charge in [0.2, 0.25) is 0 Å². The van der Waals surface area contributed by atoms with Gasteiger partial charge in [0.15, 0.2) is 0 Å². The molecule has 1 radical (unpaired) electrons. The Morgan fingerprint density at radius 1 is 0.353 bits per heavy atom. The van der Waals surface area contributed by atoms with Crippen molar-refractivity contribution in [1.82, 2.24) is 16.0 Å². The molecule has 0 aromatic carbocycles. The third kappa shape index (κ3) is 53.1. The van der Waals surface area contributed by atoms with Crippen molar-refractivity contribution in [2.45, 2.75) is 158 Å². The summed E-state index contributed by atoms with van der Waals surface area (Å²) < 4.78 is 0. The summed E-state index contributed by atoms with van der Waals surface area (Å²) in [6.07, 6.45) is 5.38. The second-order valence-electron chi connectivity index (χ2n) is 14.5. The molecular weight excluding hydrogens is 547 g/mol. The molecule has 0 aromatic heterocycles. The summed E-state index contributed by atoms with van der Waals surface area (Å²) >= 11 is 0. The zero-order chi connectivity index (χ0) is 27.4. The van der Waals surface area contributed by atoms with E-state index in [1.807, 2.05) is 0 Å². The van der Waals surface area contributed by atoms with Gasteiger partial charge >= 0.3 is 0 Å². The van der Waals surface area contributed by atoms with Gasteiger partial charge in [-0.15, -0.1) is 0 Å². The Labute approximate surface area is 242 Å². The van der Waals surface area contributed by atoms with Crippen LogP contribution in [0.25, 0.3) is 0 Å². The Kier molecular flexibility index (Phi) is 19.6. The number of hydrogen-bond acceptors (Lipinski definition) is 3. The standard InChI is InChI=1S/3C9H20N2.La/c3*1-8(2,3)10-7-11-9(4,5)6;/h3*7H,1-6H3,(H,10,11);. The van der Waals surface area contributed by atoms with Gasteiger partial charge in [-0.2, -0.15) is 0 Å². The average Bonchev–Trinajstić information content (AvgIpc) is 2.39. The van der Waals surface area contributed by atoms with Crippen LogP contribution in [0, 0.1) is 35.6 Å². The topological polar surface area (TPSA) is 73.2 Å². The summed E-state index contributed by atoms with van der Waals surface area (Å²) in [7, 11) is 0. The van der Waals surface area contributed by atoms with Crippen molar-refractivity contribution < 1.29 is 35.6 Å². The van der Waals surface area contributed by atoms with Crippen LogP contribution in [0.3, 0.4) is 0 Å². The molecule has 0 saturated carbocycles. The fourth-order valence-corrected chi connectivity index (χ4v) is 1.26. The van der Waals surface area contributed by atoms with Gasteiger partial charge in [-0.05, 0) is 125 Å². The summed E-state index contributed by atoms with van der Waals surface area (Å²) in [5, 5.41) is 9.56. The van der Waals surface area contributed by atoms with E-state index in [-0.39, 0.29) is 68.8 Å². The van der Waals surface area contributed by atoms with Crippen molar-refractivity contribution >= 4 is 19.0 Å². The SMILES string of the molecule is CC(C)(C)N=CNC(C)(C)C.CC(C)(C)N=CNC(C)(C)C.CC(C)(C)N=CNC(C)(C)C.[La]. The van der Waals surface area contributed by atoms with E-state index in [2.05, 4.69) is 156 Å². The molecule has 0 spiro atoms. The van der Waals surface area contributed by atoms with Crippen LogP contribution < -0.4 is 16.0 Å². The smallest absolute Gasteiger partial charge is 0.0834 e. The minimum absolute atomic E-state index is 0. The molecule has 7 heteroatoms. The number of hydrogen-bond donors (Lipinski definition) is 3. The monoisotopic (exact) mass is 607 g/mol. The number of nitrogens with one attached hydrogen (secondary N) is 3. The molecule has 0 aliphatic carbocycles. The van der Waals surface area contributed by atoms with Crippen LogP contribution in [0.4, 0.5) is 0 Å². The summed E-state index contributed by atoms with van der Waals surface area (Å²) in [6.45, 7) is 37.7. The van der Waals surface area contributed by atoms with Crippen molar-refractivity contribution in [2.75, 3.05) is 0 Å². The molecule has 0 aromatic rings. The van der Waals surface area contributed by atoms with E-state index in [9.17, 15) is 0 Å². The van der Waals surface area contributed by atoms with Crippen LogP contribution in [0.2, 0.25) is 0 Å². The summed E-state index contributed by atoms with van der Waals surface area (Å²) in [6, 6.07) is 0. The maximum absolute atomic E-state index is 4.31. The molecule has 201 valence electrons. The molecule has 3 N–H and O–H groups in total. The quantitative estimate of drug-likeness (QED) is 0.250. The van der Waals surface area contributed by atoms with Crippen molar-refractivity contribution in [3.8, 4) is 0 Å². The van der Waals surface area contributed by atoms with Gasteiger partial charge < -0.3 is 16.0 Å². The Hall–Kier alpha value is -0.395. The van der Waals surface area contributed by atoms with Gasteiger partial charge in [0.25, 0.3) is 0 Å². The fourth-order valence-electron chi connectivity index (χ4n) is 1.26. The zero-order valence-electron chi connectivity index (χ0n) is 26.2. The Morgan fingerprint density at radius 3 is 0.588 bits per heavy atom. The predicted octanol–water partition coefficient (Wildman–Crippen LogP) is 6.60. The van der Waals surface area contributed by atoms with Gasteiger partial charge in [0.05, 0.1) is 35.6 Å². The van der Waals surface area contributed by atoms with Crippen LogP contribution >= 0.6 is 0 Å². The van der Waals surface area contributed by atoms with Gasteiger partial charge in [-0.25, -0.2) is 0 Å². The Balaban J connectivity index is -0.000000196. The average molecular weight is 608 g/mol. The molecule has 0 fully saturated rings. The van der Waals surface area contributed by atoms with Crippen LogP contribution in [0.1, 0.15) is 125 Å². The van der Waals surface area contributed by atoms with Crippen LogP contribution in [0.5, 0.6) is 0 Å². The van der Waals surface area contributed by atoms with E-state index >= 15 is 0 Å². The van der Waals surface area contributed by atoms with Crippen LogP contribution in [0.15, 0.2) is 15.0 Å². The first-order chi connectivity index (χ1) is 14.1. The number of rotatable bonds is 3. The van der Waals surface area contributed by atoms with Gasteiger partial charge in [-0.3, -0.25) is 15.0 Å². The fraction of sp³-hybridized carbons (Fsp3) is 0.889. The first kappa shape index (κ1) is 40.8. The third-order valence-corrected chi connectivity index (χ3v) is 2.85. The van der Waals surface area contributed by atoms with Gasteiger partial charge in [-0.1, -0.05) is 0 Å². The van der Waals surface area contributed by atoms with Crippen molar-refractivity contribution in [3.05, 3.63) is 0 Å². The molecular formula is C27H60LaN6. The molecule has 0 unspecified atom stereocenters. The predicted molar refractivity (Wildman–Crippen MR) is 153 cm³/mol. The zero-order valence-corrected chi connectivity index (χ0v) is 29.8. The molecule has 0 bridgehead atoms. The van der Waals surface area contributed by atoms with E-state index < -0.39 is 0 Å². The van der Waals surface area contributed by atoms with Crippen LogP contribution in [-0.4, -0.2) is 52.2 Å². The van der Waals surface area contributed by atoms with Gasteiger partial charge in [0.1, 0.15) is 0 Å². The van der Waals surface area contributed by atoms with E-state index in [1.165, 1.54) is 0 Å². The second kappa shape index (κ2) is 16.4. The van der Waals surface area contributed by atoms with Crippen molar-refractivity contribution in [3.63, 3.8) is 0 Å². The Bertz CT molecular complexity index is 496. The minimum atomic E-state index is 0. The Morgan fingerprint density at radius 2 is 0.500 bits per heavy atom. The van der Waals surface area contributed by atoms with Crippen molar-refractivity contribution in [2.24, 2.45) is 15.0 Å². The first-order valence-corrected chi connectivity index (χ1v) is 12.1. The minimum Gasteiger partial charge on any atom is -0.372 e. The van der Waals surface area contributed by atoms with E-state index in [0.717, 1.165) is 0 Å². The largest absolute Gasteiger partial charge is 0.372 e. The van der Waals surface area contributed by atoms with Crippen LogP contribution in [-0.2, 0) is 0 Å². The summed E-state index contributed by atoms with van der Waals surface area (Å²) in [4.78, 5) is 12.9. The maximum atomic E-state index is 4.31. The van der Waals surface area contributed by atoms with E-state index in [1.54, 1.807) is 19.0 Å². The third-order valence-electron chi connectivity index (χ3n) is 2.85. The normalized spacial score (nSPS) is 13.6. The molecule has 0 aliphatic heterocycles. The molecule has 6 nitrogen and oxygen atoms in total. The summed E-state index contributed by atoms with van der Waals surface area (Å²) in [5.41, 5.74) is 0.438. The van der Waals surface area contributed by atoms with Crippen molar-refractivity contribution in [1.29, 1.82) is 0 Å². The van der Waals surface area contributed by atoms with Gasteiger partial charge in [0, 0.05) is 52.2 Å². The molecule has 0 amide bonds. The van der Waals surface area contributed by atoms with E-state index in [4.69, 9.17) is 0 Å². The molecule has 0 heterocycles. The molecule has 0 saturated heterocycles. The molecule has 34 heavy (non-hydrogen) atoms. The molecule has 0 aliphatic rings.